The molecule has 2 heterocycles. The summed E-state index contributed by atoms with van der Waals surface area (Å²) < 4.78 is 7.62. The molecule has 0 aliphatic rings. The van der Waals surface area contributed by atoms with Crippen LogP contribution in [-0.4, -0.2) is 26.9 Å². The lowest BCUT2D eigenvalue weighted by atomic mass is 10.2. The number of hydrogen-bond acceptors (Lipinski definition) is 6. The molecular formula is C22H22N4OS2. The van der Waals surface area contributed by atoms with Gasteiger partial charge in [-0.05, 0) is 24.6 Å². The van der Waals surface area contributed by atoms with E-state index in [1.54, 1.807) is 30.2 Å². The average Bonchev–Trinajstić information content (AvgIpc) is 3.39. The van der Waals surface area contributed by atoms with Gasteiger partial charge in [-0.15, -0.1) is 21.5 Å². The molecule has 0 atom stereocenters. The van der Waals surface area contributed by atoms with Crippen molar-refractivity contribution in [3.63, 3.8) is 0 Å². The highest BCUT2D eigenvalue weighted by Crippen LogP contribution is 2.31. The molecule has 29 heavy (non-hydrogen) atoms. The summed E-state index contributed by atoms with van der Waals surface area (Å²) in [5.41, 5.74) is 3.32. The number of hydrogen-bond donors (Lipinski definition) is 0. The molecule has 2 aromatic heterocycles. The molecule has 0 bridgehead atoms. The van der Waals surface area contributed by atoms with E-state index in [1.165, 1.54) is 5.56 Å². The van der Waals surface area contributed by atoms with Crippen LogP contribution in [0.2, 0.25) is 0 Å². The molecule has 0 saturated carbocycles. The Labute approximate surface area is 178 Å². The molecule has 2 aromatic carbocycles. The Morgan fingerprint density at radius 3 is 2.62 bits per heavy atom. The molecule has 0 unspecified atom stereocenters. The van der Waals surface area contributed by atoms with Crippen LogP contribution in [0.25, 0.3) is 11.4 Å². The van der Waals surface area contributed by atoms with Gasteiger partial charge in [0.2, 0.25) is 0 Å². The van der Waals surface area contributed by atoms with Crippen LogP contribution in [0.1, 0.15) is 23.2 Å². The molecule has 148 valence electrons. The molecule has 0 amide bonds. The zero-order valence-corrected chi connectivity index (χ0v) is 18.0. The molecule has 4 aromatic rings. The van der Waals surface area contributed by atoms with Crippen molar-refractivity contribution in [3.05, 3.63) is 76.2 Å². The van der Waals surface area contributed by atoms with Crippen LogP contribution in [0.3, 0.4) is 0 Å². The zero-order chi connectivity index (χ0) is 20.1. The summed E-state index contributed by atoms with van der Waals surface area (Å²) in [4.78, 5) is 4.79. The predicted octanol–water partition coefficient (Wildman–Crippen LogP) is 5.31. The molecule has 0 N–H and O–H groups in total. The molecule has 5 nitrogen and oxygen atoms in total. The fourth-order valence-corrected chi connectivity index (χ4v) is 4.94. The van der Waals surface area contributed by atoms with Gasteiger partial charge in [-0.2, -0.15) is 0 Å². The minimum absolute atomic E-state index is 0.773. The first-order chi connectivity index (χ1) is 14.3. The van der Waals surface area contributed by atoms with E-state index in [0.717, 1.165) is 51.7 Å². The summed E-state index contributed by atoms with van der Waals surface area (Å²) in [7, 11) is 1.68. The van der Waals surface area contributed by atoms with Gasteiger partial charge < -0.3 is 9.30 Å². The quantitative estimate of drug-likeness (QED) is 0.360. The highest BCUT2D eigenvalue weighted by molar-refractivity contribution is 7.98. The van der Waals surface area contributed by atoms with Crippen LogP contribution < -0.4 is 4.74 Å². The molecule has 0 aliphatic heterocycles. The summed E-state index contributed by atoms with van der Waals surface area (Å²) in [5.74, 6) is 2.40. The normalized spacial score (nSPS) is 11.0. The fraction of sp³-hybridized carbons (Fsp3) is 0.227. The maximum atomic E-state index is 5.49. The monoisotopic (exact) mass is 422 g/mol. The van der Waals surface area contributed by atoms with Crippen molar-refractivity contribution in [1.29, 1.82) is 0 Å². The predicted molar refractivity (Wildman–Crippen MR) is 119 cm³/mol. The van der Waals surface area contributed by atoms with Crippen LogP contribution in [0, 0.1) is 0 Å². The molecule has 0 spiro atoms. The SMILES string of the molecule is CCn1c(SCc2csc(Cc3ccccc3)n2)nnc1-c1ccccc1OC. The second kappa shape index (κ2) is 9.24. The summed E-state index contributed by atoms with van der Waals surface area (Å²) in [6.07, 6.45) is 0.874. The molecule has 7 heteroatoms. The Balaban J connectivity index is 1.47. The lowest BCUT2D eigenvalue weighted by molar-refractivity contribution is 0.416. The van der Waals surface area contributed by atoms with Gasteiger partial charge >= 0.3 is 0 Å². The lowest BCUT2D eigenvalue weighted by Crippen LogP contribution is -2.01. The Morgan fingerprint density at radius 1 is 1.03 bits per heavy atom. The van der Waals surface area contributed by atoms with Crippen molar-refractivity contribution in [2.75, 3.05) is 7.11 Å². The van der Waals surface area contributed by atoms with E-state index in [9.17, 15) is 0 Å². The minimum Gasteiger partial charge on any atom is -0.496 e. The molecule has 4 rings (SSSR count). The van der Waals surface area contributed by atoms with Gasteiger partial charge in [0.1, 0.15) is 5.75 Å². The summed E-state index contributed by atoms with van der Waals surface area (Å²) >= 11 is 3.38. The number of thiazole rings is 1. The van der Waals surface area contributed by atoms with Crippen molar-refractivity contribution in [2.24, 2.45) is 0 Å². The molecule has 0 radical (unpaired) electrons. The zero-order valence-electron chi connectivity index (χ0n) is 16.4. The van der Waals surface area contributed by atoms with E-state index < -0.39 is 0 Å². The number of nitrogens with zero attached hydrogens (tertiary/aromatic N) is 4. The maximum absolute atomic E-state index is 5.49. The summed E-state index contributed by atoms with van der Waals surface area (Å²) in [5, 5.41) is 13.0. The van der Waals surface area contributed by atoms with Crippen LogP contribution in [0.5, 0.6) is 5.75 Å². The minimum atomic E-state index is 0.773. The molecule has 0 aliphatic carbocycles. The second-order valence-corrected chi connectivity index (χ2v) is 8.32. The lowest BCUT2D eigenvalue weighted by Gasteiger charge is -2.10. The second-order valence-electron chi connectivity index (χ2n) is 6.43. The number of para-hydroxylation sites is 1. The van der Waals surface area contributed by atoms with E-state index in [0.29, 0.717) is 0 Å². The van der Waals surface area contributed by atoms with Crippen molar-refractivity contribution in [2.45, 2.75) is 30.8 Å². The number of aromatic nitrogens is 4. The van der Waals surface area contributed by atoms with Crippen LogP contribution in [0.15, 0.2) is 65.1 Å². The van der Waals surface area contributed by atoms with E-state index in [4.69, 9.17) is 9.72 Å². The molecule has 0 fully saturated rings. The Morgan fingerprint density at radius 2 is 1.83 bits per heavy atom. The van der Waals surface area contributed by atoms with Gasteiger partial charge in [0.15, 0.2) is 11.0 Å². The Bertz CT molecular complexity index is 1080. The van der Waals surface area contributed by atoms with Crippen molar-refractivity contribution in [1.82, 2.24) is 19.7 Å². The van der Waals surface area contributed by atoms with Crippen molar-refractivity contribution < 1.29 is 4.74 Å². The fourth-order valence-electron chi connectivity index (χ4n) is 3.11. The highest BCUT2D eigenvalue weighted by Gasteiger charge is 2.16. The van der Waals surface area contributed by atoms with Gasteiger partial charge in [-0.25, -0.2) is 4.98 Å². The van der Waals surface area contributed by atoms with Crippen LogP contribution in [-0.2, 0) is 18.7 Å². The Kier molecular flexibility index (Phi) is 6.27. The number of ether oxygens (including phenoxy) is 1. The molecule has 0 saturated heterocycles. The first-order valence-corrected chi connectivity index (χ1v) is 11.3. The van der Waals surface area contributed by atoms with Gasteiger partial charge in [-0.1, -0.05) is 54.2 Å². The third-order valence-corrected chi connectivity index (χ3v) is 6.43. The van der Waals surface area contributed by atoms with E-state index in [1.807, 2.05) is 30.3 Å². The van der Waals surface area contributed by atoms with Crippen molar-refractivity contribution in [3.8, 4) is 17.1 Å². The molecular weight excluding hydrogens is 400 g/mol. The van der Waals surface area contributed by atoms with E-state index in [2.05, 4.69) is 51.3 Å². The van der Waals surface area contributed by atoms with Crippen LogP contribution in [0.4, 0.5) is 0 Å². The number of benzene rings is 2. The summed E-state index contributed by atoms with van der Waals surface area (Å²) in [6.45, 7) is 2.90. The largest absolute Gasteiger partial charge is 0.496 e. The number of rotatable bonds is 8. The van der Waals surface area contributed by atoms with Crippen molar-refractivity contribution >= 4 is 23.1 Å². The Hall–Kier alpha value is -2.64. The smallest absolute Gasteiger partial charge is 0.191 e. The van der Waals surface area contributed by atoms with Gasteiger partial charge in [0.05, 0.1) is 23.4 Å². The standard InChI is InChI=1S/C22H22N4OS2/c1-3-26-21(18-11-7-8-12-19(18)27-2)24-25-22(26)29-15-17-14-28-20(23-17)13-16-9-5-4-6-10-16/h4-12,14H,3,13,15H2,1-2H3. The summed E-state index contributed by atoms with van der Waals surface area (Å²) in [6, 6.07) is 18.4. The average molecular weight is 423 g/mol. The number of methoxy groups -OCH3 is 1. The third-order valence-electron chi connectivity index (χ3n) is 4.53. The van der Waals surface area contributed by atoms with E-state index in [-0.39, 0.29) is 0 Å². The third kappa shape index (κ3) is 4.52. The number of thioether (sulfide) groups is 1. The maximum Gasteiger partial charge on any atom is 0.191 e. The topological polar surface area (TPSA) is 52.8 Å². The first kappa shape index (κ1) is 19.7. The van der Waals surface area contributed by atoms with Gasteiger partial charge in [0, 0.05) is 24.1 Å². The highest BCUT2D eigenvalue weighted by atomic mass is 32.2. The van der Waals surface area contributed by atoms with E-state index >= 15 is 0 Å². The van der Waals surface area contributed by atoms with Gasteiger partial charge in [0.25, 0.3) is 0 Å². The first-order valence-electron chi connectivity index (χ1n) is 9.45. The van der Waals surface area contributed by atoms with Crippen LogP contribution >= 0.6 is 23.1 Å². The van der Waals surface area contributed by atoms with Gasteiger partial charge in [-0.3, -0.25) is 0 Å².